The Hall–Kier alpha value is -1.64. The summed E-state index contributed by atoms with van der Waals surface area (Å²) in [4.78, 5) is 25.8. The van der Waals surface area contributed by atoms with E-state index in [0.717, 1.165) is 23.3 Å². The van der Waals surface area contributed by atoms with Crippen molar-refractivity contribution < 1.29 is 9.59 Å². The van der Waals surface area contributed by atoms with Crippen LogP contribution in [0.15, 0.2) is 34.6 Å². The molecule has 0 saturated heterocycles. The van der Waals surface area contributed by atoms with Crippen LogP contribution in [0.1, 0.15) is 33.6 Å². The Morgan fingerprint density at radius 1 is 1.37 bits per heavy atom. The van der Waals surface area contributed by atoms with E-state index >= 15 is 0 Å². The van der Waals surface area contributed by atoms with E-state index in [1.807, 2.05) is 27.0 Å². The average molecular weight is 257 g/mol. The van der Waals surface area contributed by atoms with Gasteiger partial charge in [-0.1, -0.05) is 19.9 Å². The monoisotopic (exact) mass is 257 g/mol. The second kappa shape index (κ2) is 3.69. The van der Waals surface area contributed by atoms with Crippen LogP contribution in [0.25, 0.3) is 0 Å². The van der Waals surface area contributed by atoms with Crippen LogP contribution in [-0.4, -0.2) is 23.6 Å². The van der Waals surface area contributed by atoms with Gasteiger partial charge < -0.3 is 4.90 Å². The molecule has 0 bridgehead atoms. The van der Waals surface area contributed by atoms with Gasteiger partial charge in [-0.15, -0.1) is 0 Å². The maximum Gasteiger partial charge on any atom is 0.254 e. The molecule has 3 heteroatoms. The van der Waals surface area contributed by atoms with E-state index < -0.39 is 0 Å². The number of rotatable bonds is 0. The molecular formula is C16H19NO2. The lowest BCUT2D eigenvalue weighted by Gasteiger charge is -2.43. The highest BCUT2D eigenvalue weighted by atomic mass is 16.2. The van der Waals surface area contributed by atoms with E-state index in [1.165, 1.54) is 5.57 Å². The van der Waals surface area contributed by atoms with Crippen LogP contribution >= 0.6 is 0 Å². The predicted octanol–water partition coefficient (Wildman–Crippen LogP) is 2.60. The van der Waals surface area contributed by atoms with E-state index in [9.17, 15) is 9.59 Å². The summed E-state index contributed by atoms with van der Waals surface area (Å²) in [7, 11) is 1.82. The number of ketones is 1. The SMILES string of the molecule is CC1=C2CC3(C)C(=CCC(=O)C3C)C=C2N(C)C1=O. The van der Waals surface area contributed by atoms with E-state index in [4.69, 9.17) is 0 Å². The molecule has 0 spiro atoms. The second-order valence-corrected chi connectivity index (χ2v) is 6.14. The average Bonchev–Trinajstić information content (AvgIpc) is 2.58. The zero-order chi connectivity index (χ0) is 13.9. The van der Waals surface area contributed by atoms with Crippen molar-refractivity contribution in [3.63, 3.8) is 0 Å². The molecular weight excluding hydrogens is 238 g/mol. The number of hydrogen-bond donors (Lipinski definition) is 0. The zero-order valence-electron chi connectivity index (χ0n) is 11.9. The van der Waals surface area contributed by atoms with Crippen molar-refractivity contribution in [2.24, 2.45) is 11.3 Å². The molecule has 1 amide bonds. The highest BCUT2D eigenvalue weighted by molar-refractivity contribution is 6.00. The minimum absolute atomic E-state index is 0.0200. The summed E-state index contributed by atoms with van der Waals surface area (Å²) in [5.41, 5.74) is 4.04. The minimum atomic E-state index is -0.152. The minimum Gasteiger partial charge on any atom is -0.311 e. The lowest BCUT2D eigenvalue weighted by Crippen LogP contribution is -2.38. The van der Waals surface area contributed by atoms with Gasteiger partial charge >= 0.3 is 0 Å². The number of hydrogen-bond acceptors (Lipinski definition) is 2. The van der Waals surface area contributed by atoms with Crippen LogP contribution in [0.2, 0.25) is 0 Å². The lowest BCUT2D eigenvalue weighted by atomic mass is 9.61. The van der Waals surface area contributed by atoms with Crippen molar-refractivity contribution in [3.8, 4) is 0 Å². The first-order valence-corrected chi connectivity index (χ1v) is 6.79. The molecule has 1 heterocycles. The van der Waals surface area contributed by atoms with Crippen molar-refractivity contribution in [2.75, 3.05) is 7.05 Å². The van der Waals surface area contributed by atoms with Gasteiger partial charge in [-0.2, -0.15) is 0 Å². The van der Waals surface area contributed by atoms with Crippen molar-refractivity contribution >= 4 is 11.7 Å². The maximum absolute atomic E-state index is 12.1. The quantitative estimate of drug-likeness (QED) is 0.669. The van der Waals surface area contributed by atoms with Crippen molar-refractivity contribution in [1.29, 1.82) is 0 Å². The molecule has 0 fully saturated rings. The van der Waals surface area contributed by atoms with E-state index in [1.54, 1.807) is 4.90 Å². The molecule has 3 nitrogen and oxygen atoms in total. The molecule has 0 aromatic heterocycles. The van der Waals surface area contributed by atoms with Gasteiger partial charge in [-0.25, -0.2) is 0 Å². The fourth-order valence-electron chi connectivity index (χ4n) is 3.51. The van der Waals surface area contributed by atoms with Gasteiger partial charge in [0.05, 0.1) is 0 Å². The number of Topliss-reactive ketones (excluding diaryl/α,β-unsaturated/α-hetero) is 1. The summed E-state index contributed by atoms with van der Waals surface area (Å²) in [6.07, 6.45) is 5.46. The molecule has 100 valence electrons. The van der Waals surface area contributed by atoms with Crippen molar-refractivity contribution in [2.45, 2.75) is 33.6 Å². The third-order valence-corrected chi connectivity index (χ3v) is 5.21. The molecule has 3 aliphatic rings. The molecule has 2 aliphatic carbocycles. The molecule has 2 atom stereocenters. The Balaban J connectivity index is 2.18. The van der Waals surface area contributed by atoms with Crippen LogP contribution in [0.3, 0.4) is 0 Å². The van der Waals surface area contributed by atoms with Gasteiger partial charge in [-0.05, 0) is 30.6 Å². The van der Waals surface area contributed by atoms with Crippen LogP contribution in [0, 0.1) is 11.3 Å². The number of amides is 1. The largest absolute Gasteiger partial charge is 0.311 e. The number of carbonyl (C=O) groups is 2. The Kier molecular flexibility index (Phi) is 2.40. The second-order valence-electron chi connectivity index (χ2n) is 6.14. The molecule has 19 heavy (non-hydrogen) atoms. The van der Waals surface area contributed by atoms with Gasteiger partial charge in [0.15, 0.2) is 0 Å². The highest BCUT2D eigenvalue weighted by Crippen LogP contribution is 2.52. The van der Waals surface area contributed by atoms with Crippen molar-refractivity contribution in [3.05, 3.63) is 34.6 Å². The molecule has 0 N–H and O–H groups in total. The van der Waals surface area contributed by atoms with Crippen LogP contribution in [0.5, 0.6) is 0 Å². The number of carbonyl (C=O) groups excluding carboxylic acids is 2. The number of fused-ring (bicyclic) bond motifs is 2. The third kappa shape index (κ3) is 1.44. The molecule has 0 radical (unpaired) electrons. The first-order chi connectivity index (χ1) is 8.86. The summed E-state index contributed by atoms with van der Waals surface area (Å²) in [5, 5.41) is 0. The Morgan fingerprint density at radius 2 is 2.05 bits per heavy atom. The number of likely N-dealkylation sites (N-methyl/N-ethyl adjacent to an activating group) is 1. The van der Waals surface area contributed by atoms with Gasteiger partial charge in [0.25, 0.3) is 5.91 Å². The molecule has 0 aromatic rings. The fourth-order valence-corrected chi connectivity index (χ4v) is 3.51. The van der Waals surface area contributed by atoms with Gasteiger partial charge in [0.2, 0.25) is 0 Å². The van der Waals surface area contributed by atoms with Crippen molar-refractivity contribution in [1.82, 2.24) is 4.90 Å². The normalized spacial score (nSPS) is 34.1. The summed E-state index contributed by atoms with van der Waals surface area (Å²) >= 11 is 0. The molecule has 0 aromatic carbocycles. The fraction of sp³-hybridized carbons (Fsp3) is 0.500. The summed E-state index contributed by atoms with van der Waals surface area (Å²) < 4.78 is 0. The summed E-state index contributed by atoms with van der Waals surface area (Å²) in [5.74, 6) is 0.411. The summed E-state index contributed by atoms with van der Waals surface area (Å²) in [6.45, 7) is 6.06. The van der Waals surface area contributed by atoms with E-state index in [0.29, 0.717) is 12.2 Å². The smallest absolute Gasteiger partial charge is 0.254 e. The molecule has 2 unspecified atom stereocenters. The molecule has 1 aliphatic heterocycles. The zero-order valence-corrected chi connectivity index (χ0v) is 11.9. The third-order valence-electron chi connectivity index (χ3n) is 5.21. The van der Waals surface area contributed by atoms with Gasteiger partial charge in [0, 0.05) is 36.1 Å². The van der Waals surface area contributed by atoms with E-state index in [2.05, 4.69) is 13.0 Å². The lowest BCUT2D eigenvalue weighted by molar-refractivity contribution is -0.125. The van der Waals surface area contributed by atoms with E-state index in [-0.39, 0.29) is 17.2 Å². The van der Waals surface area contributed by atoms with Gasteiger partial charge in [-0.3, -0.25) is 9.59 Å². The topological polar surface area (TPSA) is 37.4 Å². The number of nitrogens with zero attached hydrogens (tertiary/aromatic N) is 1. The first-order valence-electron chi connectivity index (χ1n) is 6.79. The Morgan fingerprint density at radius 3 is 2.74 bits per heavy atom. The maximum atomic E-state index is 12.1. The first kappa shape index (κ1) is 12.4. The van der Waals surface area contributed by atoms with Crippen LogP contribution in [0.4, 0.5) is 0 Å². The highest BCUT2D eigenvalue weighted by Gasteiger charge is 2.46. The number of allylic oxidation sites excluding steroid dienone is 4. The molecule has 0 saturated carbocycles. The summed E-state index contributed by atoms with van der Waals surface area (Å²) in [6, 6.07) is 0. The molecule has 3 rings (SSSR count). The standard InChI is InChI=1S/C16H19NO2/c1-9-12-8-16(3)10(2)14(18)6-5-11(16)7-13(12)17(4)15(9)19/h5,7,10H,6,8H2,1-4H3. The van der Waals surface area contributed by atoms with Crippen LogP contribution in [-0.2, 0) is 9.59 Å². The Labute approximate surface area is 113 Å². The van der Waals surface area contributed by atoms with Crippen LogP contribution < -0.4 is 0 Å². The van der Waals surface area contributed by atoms with Gasteiger partial charge in [0.1, 0.15) is 5.78 Å². The predicted molar refractivity (Wildman–Crippen MR) is 73.1 cm³/mol. The Bertz CT molecular complexity index is 594.